The predicted molar refractivity (Wildman–Crippen MR) is 83.7 cm³/mol. The van der Waals surface area contributed by atoms with Gasteiger partial charge in [-0.15, -0.1) is 0 Å². The molecule has 0 aliphatic heterocycles. The first-order valence-electron chi connectivity index (χ1n) is 7.55. The second-order valence-corrected chi connectivity index (χ2v) is 5.85. The summed E-state index contributed by atoms with van der Waals surface area (Å²) < 4.78 is 0. The van der Waals surface area contributed by atoms with Crippen LogP contribution in [0.25, 0.3) is 10.9 Å². The van der Waals surface area contributed by atoms with E-state index in [4.69, 9.17) is 0 Å². The smallest absolute Gasteiger partial charge is 0.336 e. The topological polar surface area (TPSA) is 62.2 Å². The molecule has 0 radical (unpaired) electrons. The minimum absolute atomic E-state index is 0.301. The van der Waals surface area contributed by atoms with E-state index in [0.717, 1.165) is 11.3 Å². The summed E-state index contributed by atoms with van der Waals surface area (Å²) >= 11 is 0. The molecule has 1 atom stereocenters. The average Bonchev–Trinajstić information content (AvgIpc) is 3.00. The van der Waals surface area contributed by atoms with Gasteiger partial charge in [-0.25, -0.2) is 9.78 Å². The van der Waals surface area contributed by atoms with Crippen molar-refractivity contribution in [1.82, 2.24) is 4.98 Å². The molecule has 3 rings (SSSR count). The van der Waals surface area contributed by atoms with Crippen molar-refractivity contribution in [3.63, 3.8) is 0 Å². The molecule has 1 saturated carbocycles. The number of benzene rings is 1. The lowest BCUT2D eigenvalue weighted by atomic mass is 10.00. The SMILES string of the molecule is CC(Nc1ccc2c(C(=O)O)cccc2n1)C1CCCC1. The summed E-state index contributed by atoms with van der Waals surface area (Å²) in [4.78, 5) is 15.8. The van der Waals surface area contributed by atoms with Gasteiger partial charge < -0.3 is 10.4 Å². The van der Waals surface area contributed by atoms with Crippen molar-refractivity contribution >= 4 is 22.7 Å². The molecule has 110 valence electrons. The van der Waals surface area contributed by atoms with Crippen LogP contribution in [0.15, 0.2) is 30.3 Å². The van der Waals surface area contributed by atoms with Crippen molar-refractivity contribution in [2.75, 3.05) is 5.32 Å². The van der Waals surface area contributed by atoms with Gasteiger partial charge >= 0.3 is 5.97 Å². The minimum atomic E-state index is -0.914. The molecule has 2 N–H and O–H groups in total. The van der Waals surface area contributed by atoms with Gasteiger partial charge in [-0.2, -0.15) is 0 Å². The van der Waals surface area contributed by atoms with Gasteiger partial charge in [0.05, 0.1) is 11.1 Å². The van der Waals surface area contributed by atoms with Gasteiger partial charge in [0.2, 0.25) is 0 Å². The van der Waals surface area contributed by atoms with Crippen molar-refractivity contribution < 1.29 is 9.90 Å². The minimum Gasteiger partial charge on any atom is -0.478 e. The van der Waals surface area contributed by atoms with Gasteiger partial charge in [-0.05, 0) is 49.9 Å². The molecule has 1 fully saturated rings. The van der Waals surface area contributed by atoms with Gasteiger partial charge in [0.15, 0.2) is 0 Å². The highest BCUT2D eigenvalue weighted by Crippen LogP contribution is 2.29. The summed E-state index contributed by atoms with van der Waals surface area (Å²) in [7, 11) is 0. The molecule has 4 heteroatoms. The lowest BCUT2D eigenvalue weighted by Gasteiger charge is -2.21. The molecule has 1 aliphatic rings. The summed E-state index contributed by atoms with van der Waals surface area (Å²) in [6.45, 7) is 2.20. The molecule has 1 aromatic heterocycles. The van der Waals surface area contributed by atoms with E-state index in [1.807, 2.05) is 18.2 Å². The van der Waals surface area contributed by atoms with E-state index < -0.39 is 5.97 Å². The molecule has 1 aliphatic carbocycles. The molecule has 1 heterocycles. The molecule has 21 heavy (non-hydrogen) atoms. The van der Waals surface area contributed by atoms with Crippen LogP contribution in [0.2, 0.25) is 0 Å². The Morgan fingerprint density at radius 3 is 2.76 bits per heavy atom. The van der Waals surface area contributed by atoms with Crippen molar-refractivity contribution in [2.45, 2.75) is 38.6 Å². The summed E-state index contributed by atoms with van der Waals surface area (Å²) in [5.74, 6) is 0.625. The van der Waals surface area contributed by atoms with Crippen LogP contribution in [-0.2, 0) is 0 Å². The van der Waals surface area contributed by atoms with Crippen LogP contribution < -0.4 is 5.32 Å². The first-order valence-corrected chi connectivity index (χ1v) is 7.55. The maximum atomic E-state index is 11.2. The Bertz CT molecular complexity index is 663. The number of rotatable bonds is 4. The van der Waals surface area contributed by atoms with Gasteiger partial charge in [0.25, 0.3) is 0 Å². The zero-order valence-electron chi connectivity index (χ0n) is 12.2. The van der Waals surface area contributed by atoms with Crippen LogP contribution in [0.3, 0.4) is 0 Å². The number of anilines is 1. The number of carboxylic acids is 1. The van der Waals surface area contributed by atoms with E-state index in [2.05, 4.69) is 17.2 Å². The monoisotopic (exact) mass is 284 g/mol. The standard InChI is InChI=1S/C17H20N2O2/c1-11(12-5-2-3-6-12)18-16-10-9-13-14(17(20)21)7-4-8-15(13)19-16/h4,7-12H,2-3,5-6H2,1H3,(H,18,19)(H,20,21). The van der Waals surface area contributed by atoms with Crippen molar-refractivity contribution in [2.24, 2.45) is 5.92 Å². The summed E-state index contributed by atoms with van der Waals surface area (Å²) in [5, 5.41) is 13.3. The molecule has 0 saturated heterocycles. The van der Waals surface area contributed by atoms with Crippen molar-refractivity contribution in [3.8, 4) is 0 Å². The molecule has 0 bridgehead atoms. The Hall–Kier alpha value is -2.10. The van der Waals surface area contributed by atoms with Crippen LogP contribution >= 0.6 is 0 Å². The highest BCUT2D eigenvalue weighted by Gasteiger charge is 2.21. The Kier molecular flexibility index (Phi) is 3.78. The number of aromatic nitrogens is 1. The molecule has 1 aromatic carbocycles. The van der Waals surface area contributed by atoms with Gasteiger partial charge in [0, 0.05) is 11.4 Å². The number of hydrogen-bond donors (Lipinski definition) is 2. The second-order valence-electron chi connectivity index (χ2n) is 5.85. The van der Waals surface area contributed by atoms with Crippen LogP contribution in [0.1, 0.15) is 43.0 Å². The summed E-state index contributed by atoms with van der Waals surface area (Å²) in [6.07, 6.45) is 5.21. The van der Waals surface area contributed by atoms with Crippen LogP contribution in [0, 0.1) is 5.92 Å². The Morgan fingerprint density at radius 1 is 1.29 bits per heavy atom. The zero-order chi connectivity index (χ0) is 14.8. The summed E-state index contributed by atoms with van der Waals surface area (Å²) in [6, 6.07) is 9.33. The van der Waals surface area contributed by atoms with E-state index in [-0.39, 0.29) is 0 Å². The zero-order valence-corrected chi connectivity index (χ0v) is 12.2. The number of nitrogens with one attached hydrogen (secondary N) is 1. The number of fused-ring (bicyclic) bond motifs is 1. The maximum Gasteiger partial charge on any atom is 0.336 e. The van der Waals surface area contributed by atoms with Gasteiger partial charge in [-0.1, -0.05) is 18.9 Å². The third kappa shape index (κ3) is 2.84. The van der Waals surface area contributed by atoms with Gasteiger partial charge in [-0.3, -0.25) is 0 Å². The molecular formula is C17H20N2O2. The second kappa shape index (κ2) is 5.72. The largest absolute Gasteiger partial charge is 0.478 e. The maximum absolute atomic E-state index is 11.2. The Balaban J connectivity index is 1.85. The van der Waals surface area contributed by atoms with E-state index >= 15 is 0 Å². The van der Waals surface area contributed by atoms with E-state index in [9.17, 15) is 9.90 Å². The molecule has 0 amide bonds. The molecule has 0 spiro atoms. The van der Waals surface area contributed by atoms with Crippen LogP contribution in [0.5, 0.6) is 0 Å². The van der Waals surface area contributed by atoms with Crippen molar-refractivity contribution in [3.05, 3.63) is 35.9 Å². The quantitative estimate of drug-likeness (QED) is 0.893. The number of carboxylic acid groups (broad SMARTS) is 1. The fraction of sp³-hybridized carbons (Fsp3) is 0.412. The number of aromatic carboxylic acids is 1. The van der Waals surface area contributed by atoms with E-state index in [0.29, 0.717) is 22.9 Å². The number of hydrogen-bond acceptors (Lipinski definition) is 3. The Labute approximate surface area is 124 Å². The highest BCUT2D eigenvalue weighted by atomic mass is 16.4. The average molecular weight is 284 g/mol. The number of pyridine rings is 1. The predicted octanol–water partition coefficient (Wildman–Crippen LogP) is 3.92. The fourth-order valence-corrected chi connectivity index (χ4v) is 3.23. The van der Waals surface area contributed by atoms with E-state index in [1.54, 1.807) is 12.1 Å². The van der Waals surface area contributed by atoms with Crippen LogP contribution in [0.4, 0.5) is 5.82 Å². The third-order valence-corrected chi connectivity index (χ3v) is 4.44. The highest BCUT2D eigenvalue weighted by molar-refractivity contribution is 6.02. The number of nitrogens with zero attached hydrogens (tertiary/aromatic N) is 1. The normalized spacial score (nSPS) is 17.0. The Morgan fingerprint density at radius 2 is 2.05 bits per heavy atom. The van der Waals surface area contributed by atoms with Crippen LogP contribution in [-0.4, -0.2) is 22.1 Å². The van der Waals surface area contributed by atoms with Crippen molar-refractivity contribution in [1.29, 1.82) is 0 Å². The van der Waals surface area contributed by atoms with Gasteiger partial charge in [0.1, 0.15) is 5.82 Å². The molecule has 2 aromatic rings. The molecule has 4 nitrogen and oxygen atoms in total. The first kappa shape index (κ1) is 13.9. The lowest BCUT2D eigenvalue weighted by Crippen LogP contribution is -2.24. The first-order chi connectivity index (χ1) is 10.1. The lowest BCUT2D eigenvalue weighted by molar-refractivity contribution is 0.0699. The summed E-state index contributed by atoms with van der Waals surface area (Å²) in [5.41, 5.74) is 1.02. The molecular weight excluding hydrogens is 264 g/mol. The number of carbonyl (C=O) groups is 1. The van der Waals surface area contributed by atoms with E-state index in [1.165, 1.54) is 25.7 Å². The fourth-order valence-electron chi connectivity index (χ4n) is 3.23. The third-order valence-electron chi connectivity index (χ3n) is 4.44. The molecule has 1 unspecified atom stereocenters.